The number of anilines is 1. The van der Waals surface area contributed by atoms with E-state index in [1.165, 1.54) is 0 Å². The molecule has 1 aromatic carbocycles. The molecule has 23 heavy (non-hydrogen) atoms. The summed E-state index contributed by atoms with van der Waals surface area (Å²) in [5.41, 5.74) is 1.93. The van der Waals surface area contributed by atoms with Crippen molar-refractivity contribution in [3.8, 4) is 0 Å². The molecule has 0 unspecified atom stereocenters. The smallest absolute Gasteiger partial charge is 0.285 e. The van der Waals surface area contributed by atoms with Gasteiger partial charge in [0.1, 0.15) is 6.54 Å². The van der Waals surface area contributed by atoms with Crippen LogP contribution in [0.1, 0.15) is 18.1 Å². The lowest BCUT2D eigenvalue weighted by Crippen LogP contribution is -2.27. The van der Waals surface area contributed by atoms with Gasteiger partial charge in [0.25, 0.3) is 11.2 Å². The topological polar surface area (TPSA) is 94.2 Å². The average Bonchev–Trinajstić information content (AvgIpc) is 2.51. The number of carbonyl (C=O) groups is 1. The highest BCUT2D eigenvalue weighted by atomic mass is 16.6. The highest BCUT2D eigenvalue weighted by molar-refractivity contribution is 5.92. The molecule has 0 spiro atoms. The molecule has 1 N–H and O–H groups in total. The molecule has 0 bridgehead atoms. The van der Waals surface area contributed by atoms with E-state index in [0.29, 0.717) is 0 Å². The molecule has 120 valence electrons. The van der Waals surface area contributed by atoms with Gasteiger partial charge in [-0.05, 0) is 24.5 Å². The highest BCUT2D eigenvalue weighted by Gasteiger charge is 2.12. The normalized spacial score (nSPS) is 10.3. The summed E-state index contributed by atoms with van der Waals surface area (Å²) in [6.07, 6.45) is 1.83. The number of amides is 1. The van der Waals surface area contributed by atoms with Crippen LogP contribution >= 0.6 is 0 Å². The molecule has 1 heterocycles. The minimum atomic E-state index is -0.607. The second-order valence-electron chi connectivity index (χ2n) is 5.12. The van der Waals surface area contributed by atoms with E-state index in [-0.39, 0.29) is 12.2 Å². The lowest BCUT2D eigenvalue weighted by molar-refractivity contribution is -0.385. The third-order valence-corrected chi connectivity index (χ3v) is 3.50. The maximum absolute atomic E-state index is 12.2. The monoisotopic (exact) mass is 315 g/mol. The van der Waals surface area contributed by atoms with Crippen molar-refractivity contribution in [1.29, 1.82) is 0 Å². The Balaban J connectivity index is 2.23. The van der Waals surface area contributed by atoms with E-state index in [4.69, 9.17) is 0 Å². The summed E-state index contributed by atoms with van der Waals surface area (Å²) in [5.74, 6) is -0.406. The van der Waals surface area contributed by atoms with Gasteiger partial charge >= 0.3 is 0 Å². The number of nitrogens with one attached hydrogen (secondary N) is 1. The third-order valence-electron chi connectivity index (χ3n) is 3.50. The fourth-order valence-electron chi connectivity index (χ4n) is 2.29. The summed E-state index contributed by atoms with van der Waals surface area (Å²) in [6, 6.07) is 7.91. The first-order chi connectivity index (χ1) is 10.9. The van der Waals surface area contributed by atoms with Crippen LogP contribution in [0.5, 0.6) is 0 Å². The SMILES string of the molecule is CCc1cccc(C)c1NC(=O)Cn1cc([N+](=O)[O-])ccc1=O. The summed E-state index contributed by atoms with van der Waals surface area (Å²) < 4.78 is 1.03. The summed E-state index contributed by atoms with van der Waals surface area (Å²) in [5, 5.41) is 13.5. The van der Waals surface area contributed by atoms with Crippen LogP contribution in [0, 0.1) is 17.0 Å². The molecule has 1 aromatic heterocycles. The van der Waals surface area contributed by atoms with Gasteiger partial charge in [0, 0.05) is 17.8 Å². The largest absolute Gasteiger partial charge is 0.324 e. The van der Waals surface area contributed by atoms with Crippen molar-refractivity contribution in [2.24, 2.45) is 0 Å². The van der Waals surface area contributed by atoms with Gasteiger partial charge in [0.15, 0.2) is 0 Å². The van der Waals surface area contributed by atoms with E-state index < -0.39 is 16.4 Å². The Labute approximate surface area is 132 Å². The minimum Gasteiger partial charge on any atom is -0.324 e. The van der Waals surface area contributed by atoms with Crippen molar-refractivity contribution < 1.29 is 9.72 Å². The molecule has 2 rings (SSSR count). The van der Waals surface area contributed by atoms with Gasteiger partial charge in [-0.1, -0.05) is 25.1 Å². The molecule has 0 aliphatic heterocycles. The van der Waals surface area contributed by atoms with E-state index in [1.54, 1.807) is 0 Å². The van der Waals surface area contributed by atoms with E-state index in [9.17, 15) is 19.7 Å². The Hall–Kier alpha value is -2.96. The summed E-state index contributed by atoms with van der Waals surface area (Å²) in [6.45, 7) is 3.59. The summed E-state index contributed by atoms with van der Waals surface area (Å²) in [7, 11) is 0. The van der Waals surface area contributed by atoms with Gasteiger partial charge in [-0.25, -0.2) is 0 Å². The quantitative estimate of drug-likeness (QED) is 0.676. The number of hydrogen-bond acceptors (Lipinski definition) is 4. The molecule has 0 aliphatic carbocycles. The summed E-state index contributed by atoms with van der Waals surface area (Å²) >= 11 is 0. The van der Waals surface area contributed by atoms with Crippen molar-refractivity contribution in [1.82, 2.24) is 4.57 Å². The van der Waals surface area contributed by atoms with Crippen LogP contribution in [-0.2, 0) is 17.8 Å². The molecule has 0 atom stereocenters. The number of benzene rings is 1. The number of carbonyl (C=O) groups excluding carboxylic acids is 1. The van der Waals surface area contributed by atoms with Crippen molar-refractivity contribution in [3.63, 3.8) is 0 Å². The fourth-order valence-corrected chi connectivity index (χ4v) is 2.29. The van der Waals surface area contributed by atoms with Crippen LogP contribution in [0.25, 0.3) is 0 Å². The molecule has 0 saturated carbocycles. The van der Waals surface area contributed by atoms with E-state index in [1.807, 2.05) is 32.0 Å². The Morgan fingerprint density at radius 3 is 2.70 bits per heavy atom. The molecule has 7 heteroatoms. The van der Waals surface area contributed by atoms with Crippen molar-refractivity contribution in [2.45, 2.75) is 26.8 Å². The first-order valence-electron chi connectivity index (χ1n) is 7.15. The zero-order chi connectivity index (χ0) is 17.0. The van der Waals surface area contributed by atoms with Gasteiger partial charge in [0.2, 0.25) is 5.91 Å². The maximum atomic E-state index is 12.2. The number of para-hydroxylation sites is 1. The highest BCUT2D eigenvalue weighted by Crippen LogP contribution is 2.21. The molecule has 1 amide bonds. The zero-order valence-electron chi connectivity index (χ0n) is 12.9. The van der Waals surface area contributed by atoms with Crippen LogP contribution in [0.15, 0.2) is 41.3 Å². The molecule has 0 saturated heterocycles. The van der Waals surface area contributed by atoms with Crippen LogP contribution in [-0.4, -0.2) is 15.4 Å². The molecular formula is C16H17N3O4. The Kier molecular flexibility index (Phi) is 4.90. The molecule has 7 nitrogen and oxygen atoms in total. The average molecular weight is 315 g/mol. The van der Waals surface area contributed by atoms with Crippen molar-refractivity contribution >= 4 is 17.3 Å². The number of hydrogen-bond donors (Lipinski definition) is 1. The van der Waals surface area contributed by atoms with Gasteiger partial charge in [0.05, 0.1) is 11.1 Å². The molecular weight excluding hydrogens is 298 g/mol. The molecule has 0 fully saturated rings. The standard InChI is InChI=1S/C16H17N3O4/c1-3-12-6-4-5-11(2)16(12)17-14(20)10-18-9-13(19(22)23)7-8-15(18)21/h4-9H,3,10H2,1-2H3,(H,17,20). The van der Waals surface area contributed by atoms with E-state index in [2.05, 4.69) is 5.32 Å². The minimum absolute atomic E-state index is 0.234. The van der Waals surface area contributed by atoms with Gasteiger partial charge in [-0.2, -0.15) is 0 Å². The lowest BCUT2D eigenvalue weighted by Gasteiger charge is -2.13. The lowest BCUT2D eigenvalue weighted by atomic mass is 10.1. The van der Waals surface area contributed by atoms with Crippen LogP contribution in [0.3, 0.4) is 0 Å². The zero-order valence-corrected chi connectivity index (χ0v) is 12.9. The van der Waals surface area contributed by atoms with Crippen LogP contribution in [0.2, 0.25) is 0 Å². The Bertz CT molecular complexity index is 811. The molecule has 0 radical (unpaired) electrons. The maximum Gasteiger partial charge on any atom is 0.285 e. The predicted octanol–water partition coefficient (Wildman–Crippen LogP) is 2.27. The number of rotatable bonds is 5. The first kappa shape index (κ1) is 16.4. The fraction of sp³-hybridized carbons (Fsp3) is 0.250. The Morgan fingerprint density at radius 1 is 1.30 bits per heavy atom. The van der Waals surface area contributed by atoms with Crippen molar-refractivity contribution in [2.75, 3.05) is 5.32 Å². The number of pyridine rings is 1. The van der Waals surface area contributed by atoms with Crippen LogP contribution < -0.4 is 10.9 Å². The second-order valence-corrected chi connectivity index (χ2v) is 5.12. The Morgan fingerprint density at radius 2 is 2.04 bits per heavy atom. The number of aromatic nitrogens is 1. The third kappa shape index (κ3) is 3.82. The van der Waals surface area contributed by atoms with E-state index >= 15 is 0 Å². The van der Waals surface area contributed by atoms with Crippen LogP contribution in [0.4, 0.5) is 11.4 Å². The summed E-state index contributed by atoms with van der Waals surface area (Å²) in [4.78, 5) is 34.1. The van der Waals surface area contributed by atoms with E-state index in [0.717, 1.165) is 46.1 Å². The van der Waals surface area contributed by atoms with Gasteiger partial charge < -0.3 is 5.32 Å². The van der Waals surface area contributed by atoms with Gasteiger partial charge in [-0.3, -0.25) is 24.3 Å². The van der Waals surface area contributed by atoms with Crippen molar-refractivity contribution in [3.05, 3.63) is 68.1 Å². The first-order valence-corrected chi connectivity index (χ1v) is 7.15. The predicted molar refractivity (Wildman–Crippen MR) is 86.5 cm³/mol. The number of aryl methyl sites for hydroxylation is 2. The second kappa shape index (κ2) is 6.87. The number of nitro groups is 1. The number of nitrogens with zero attached hydrogens (tertiary/aromatic N) is 2. The molecule has 0 aliphatic rings. The van der Waals surface area contributed by atoms with Gasteiger partial charge in [-0.15, -0.1) is 0 Å². The molecule has 2 aromatic rings.